The second-order valence-electron chi connectivity index (χ2n) is 3.23. The largest absolute Gasteiger partial charge is 0.314 e. The van der Waals surface area contributed by atoms with Gasteiger partial charge in [0.15, 0.2) is 0 Å². The van der Waals surface area contributed by atoms with E-state index >= 15 is 0 Å². The molecule has 0 aromatic rings. The first-order valence-electron chi connectivity index (χ1n) is 3.99. The Balaban J connectivity index is 4.60. The lowest BCUT2D eigenvalue weighted by molar-refractivity contribution is 0.493. The van der Waals surface area contributed by atoms with Crippen molar-refractivity contribution in [1.29, 1.82) is 0 Å². The molecule has 0 atom stereocenters. The van der Waals surface area contributed by atoms with E-state index in [2.05, 4.69) is 56.5 Å². The quantitative estimate of drug-likeness (QED) is 0.590. The van der Waals surface area contributed by atoms with Crippen molar-refractivity contribution < 1.29 is 0 Å². The lowest BCUT2D eigenvalue weighted by Gasteiger charge is -2.39. The minimum atomic E-state index is -1.47. The Hall–Kier alpha value is -0.123. The summed E-state index contributed by atoms with van der Waals surface area (Å²) >= 11 is 0. The number of hydrogen-bond donors (Lipinski definition) is 0. The molecule has 0 heterocycles. The second-order valence-corrected chi connectivity index (χ2v) is 7.89. The van der Waals surface area contributed by atoms with Crippen LogP contribution in [-0.4, -0.2) is 45.7 Å². The maximum Gasteiger partial charge on any atom is 0.230 e. The molecule has 0 aliphatic heterocycles. The number of rotatable bonds is 4. The Labute approximate surface area is 71.7 Å². The van der Waals surface area contributed by atoms with Gasteiger partial charge in [0.25, 0.3) is 0 Å². The molecule has 0 bridgehead atoms. The van der Waals surface area contributed by atoms with Crippen molar-refractivity contribution in [3.05, 3.63) is 12.3 Å². The highest BCUT2D eigenvalue weighted by Crippen LogP contribution is 2.15. The van der Waals surface area contributed by atoms with Gasteiger partial charge in [-0.3, -0.25) is 0 Å². The van der Waals surface area contributed by atoms with E-state index in [4.69, 9.17) is 0 Å². The topological polar surface area (TPSA) is 6.48 Å². The third-order valence-corrected chi connectivity index (χ3v) is 7.19. The molecule has 0 rings (SSSR count). The summed E-state index contributed by atoms with van der Waals surface area (Å²) in [6.45, 7) is 6.15. The van der Waals surface area contributed by atoms with Crippen molar-refractivity contribution in [2.75, 3.05) is 28.2 Å². The molecule has 0 aromatic heterocycles. The van der Waals surface area contributed by atoms with E-state index in [1.165, 1.54) is 6.04 Å². The zero-order valence-electron chi connectivity index (χ0n) is 8.39. The van der Waals surface area contributed by atoms with E-state index in [1.807, 2.05) is 0 Å². The van der Waals surface area contributed by atoms with Crippen LogP contribution < -0.4 is 0 Å². The summed E-state index contributed by atoms with van der Waals surface area (Å²) in [6, 6.07) is 1.19. The first-order valence-corrected chi connectivity index (χ1v) is 6.17. The van der Waals surface area contributed by atoms with Crippen LogP contribution in [0.1, 0.15) is 6.92 Å². The first-order chi connectivity index (χ1) is 5.01. The van der Waals surface area contributed by atoms with Crippen LogP contribution in [0.2, 0.25) is 6.04 Å². The van der Waals surface area contributed by atoms with Gasteiger partial charge < -0.3 is 9.13 Å². The molecule has 0 N–H and O–H groups in total. The zero-order valence-corrected chi connectivity index (χ0v) is 9.39. The predicted octanol–water partition coefficient (Wildman–Crippen LogP) is 1.30. The van der Waals surface area contributed by atoms with Crippen molar-refractivity contribution in [3.63, 3.8) is 0 Å². The monoisotopic (exact) mass is 172 g/mol. The molecule has 11 heavy (non-hydrogen) atoms. The molecular weight excluding hydrogens is 152 g/mol. The van der Waals surface area contributed by atoms with Gasteiger partial charge in [-0.1, -0.05) is 12.6 Å². The van der Waals surface area contributed by atoms with Gasteiger partial charge in [0.05, 0.1) is 0 Å². The fraction of sp³-hybridized carbons (Fsp3) is 0.750. The molecule has 0 aliphatic carbocycles. The van der Waals surface area contributed by atoms with E-state index in [0.717, 1.165) is 0 Å². The first kappa shape index (κ1) is 10.9. The Kier molecular flexibility index (Phi) is 4.00. The molecule has 0 unspecified atom stereocenters. The summed E-state index contributed by atoms with van der Waals surface area (Å²) in [4.78, 5) is 0. The van der Waals surface area contributed by atoms with Crippen LogP contribution in [0.4, 0.5) is 0 Å². The fourth-order valence-electron chi connectivity index (χ4n) is 1.54. The van der Waals surface area contributed by atoms with Crippen LogP contribution in [0.15, 0.2) is 12.3 Å². The molecule has 0 saturated heterocycles. The van der Waals surface area contributed by atoms with E-state index in [9.17, 15) is 0 Å². The third-order valence-electron chi connectivity index (χ3n) is 2.40. The fourth-order valence-corrected chi connectivity index (χ4v) is 4.63. The average molecular weight is 172 g/mol. The van der Waals surface area contributed by atoms with E-state index in [-0.39, 0.29) is 0 Å². The molecule has 0 saturated carbocycles. The van der Waals surface area contributed by atoms with Crippen LogP contribution >= 0.6 is 0 Å². The second kappa shape index (κ2) is 4.04. The lowest BCUT2D eigenvalue weighted by atomic mass is 11.0. The van der Waals surface area contributed by atoms with Crippen molar-refractivity contribution in [3.8, 4) is 0 Å². The predicted molar refractivity (Wildman–Crippen MR) is 53.8 cm³/mol. The van der Waals surface area contributed by atoms with Gasteiger partial charge in [-0.2, -0.15) is 0 Å². The third kappa shape index (κ3) is 1.92. The summed E-state index contributed by atoms with van der Waals surface area (Å²) in [5.74, 6) is 0. The Morgan fingerprint density at radius 1 is 1.18 bits per heavy atom. The molecule has 0 radical (unpaired) electrons. The van der Waals surface area contributed by atoms with Crippen LogP contribution in [-0.2, 0) is 0 Å². The van der Waals surface area contributed by atoms with Gasteiger partial charge in [-0.25, -0.2) is 0 Å². The summed E-state index contributed by atoms with van der Waals surface area (Å²) in [6.07, 6.45) is 0. The molecular formula is C8H20N2Si. The van der Waals surface area contributed by atoms with Crippen molar-refractivity contribution in [2.45, 2.75) is 13.0 Å². The molecule has 0 aromatic carbocycles. The summed E-state index contributed by atoms with van der Waals surface area (Å²) < 4.78 is 4.64. The highest BCUT2D eigenvalue weighted by molar-refractivity contribution is 6.79. The molecule has 0 spiro atoms. The van der Waals surface area contributed by atoms with Crippen molar-refractivity contribution in [2.24, 2.45) is 0 Å². The average Bonchev–Trinajstić information content (AvgIpc) is 1.90. The minimum absolute atomic E-state index is 1.19. The molecule has 0 amide bonds. The van der Waals surface area contributed by atoms with Gasteiger partial charge in [-0.15, -0.1) is 6.58 Å². The van der Waals surface area contributed by atoms with Crippen LogP contribution in [0.5, 0.6) is 0 Å². The molecule has 66 valence electrons. The molecule has 2 nitrogen and oxygen atoms in total. The maximum atomic E-state index is 3.92. The van der Waals surface area contributed by atoms with E-state index < -0.39 is 8.40 Å². The van der Waals surface area contributed by atoms with E-state index in [1.54, 1.807) is 0 Å². The van der Waals surface area contributed by atoms with Crippen molar-refractivity contribution in [1.82, 2.24) is 9.13 Å². The van der Waals surface area contributed by atoms with Gasteiger partial charge in [-0.05, 0) is 34.2 Å². The van der Waals surface area contributed by atoms with Crippen molar-refractivity contribution >= 4 is 8.40 Å². The summed E-state index contributed by atoms with van der Waals surface area (Å²) in [5, 5.41) is 0. The molecule has 3 heteroatoms. The Bertz CT molecular complexity index is 124. The minimum Gasteiger partial charge on any atom is -0.314 e. The highest BCUT2D eigenvalue weighted by Gasteiger charge is 2.33. The summed E-state index contributed by atoms with van der Waals surface area (Å²) in [5.41, 5.74) is 2.13. The maximum absolute atomic E-state index is 3.92. The smallest absolute Gasteiger partial charge is 0.230 e. The van der Waals surface area contributed by atoms with Gasteiger partial charge >= 0.3 is 0 Å². The van der Waals surface area contributed by atoms with Crippen LogP contribution in [0.25, 0.3) is 0 Å². The number of hydrogen-bond acceptors (Lipinski definition) is 2. The standard InChI is InChI=1S/C8H20N2Si/c1-7-11(8-2,9(3)4)10(5)6/h7H,1,8H2,2-6H3. The lowest BCUT2D eigenvalue weighted by Crippen LogP contribution is -2.58. The van der Waals surface area contributed by atoms with Gasteiger partial charge in [0.2, 0.25) is 8.40 Å². The SMILES string of the molecule is C=C[Si](CC)(N(C)C)N(C)C. The van der Waals surface area contributed by atoms with Crippen LogP contribution in [0, 0.1) is 0 Å². The Morgan fingerprint density at radius 3 is 1.55 bits per heavy atom. The molecule has 0 aliphatic rings. The van der Waals surface area contributed by atoms with Gasteiger partial charge in [0, 0.05) is 0 Å². The zero-order chi connectivity index (χ0) is 9.07. The van der Waals surface area contributed by atoms with Crippen LogP contribution in [0.3, 0.4) is 0 Å². The normalized spacial score (nSPS) is 12.6. The molecule has 0 fully saturated rings. The summed E-state index contributed by atoms with van der Waals surface area (Å²) in [7, 11) is 7.08. The number of nitrogens with zero attached hydrogens (tertiary/aromatic N) is 2. The van der Waals surface area contributed by atoms with Gasteiger partial charge in [0.1, 0.15) is 0 Å². The highest BCUT2D eigenvalue weighted by atomic mass is 28.3. The van der Waals surface area contributed by atoms with E-state index in [0.29, 0.717) is 0 Å². The Morgan fingerprint density at radius 2 is 1.55 bits per heavy atom.